The van der Waals surface area contributed by atoms with Gasteiger partial charge in [0.1, 0.15) is 10.6 Å². The number of ether oxygens (including phenoxy) is 1. The minimum absolute atomic E-state index is 0.244. The first-order valence-corrected chi connectivity index (χ1v) is 7.97. The summed E-state index contributed by atoms with van der Waals surface area (Å²) in [7, 11) is 1.58. The summed E-state index contributed by atoms with van der Waals surface area (Å²) < 4.78 is 5.76. The predicted octanol–water partition coefficient (Wildman–Crippen LogP) is 2.98. The fourth-order valence-corrected chi connectivity index (χ4v) is 3.75. The van der Waals surface area contributed by atoms with Crippen molar-refractivity contribution in [2.24, 2.45) is 0 Å². The van der Waals surface area contributed by atoms with Crippen molar-refractivity contribution in [3.8, 4) is 5.75 Å². The first kappa shape index (κ1) is 15.8. The number of aliphatic hydroxyl groups is 1. The van der Waals surface area contributed by atoms with E-state index in [2.05, 4.69) is 4.98 Å². The summed E-state index contributed by atoms with van der Waals surface area (Å²) in [5, 5.41) is 19.2. The van der Waals surface area contributed by atoms with Crippen LogP contribution >= 0.6 is 23.1 Å². The SMILES string of the molecule is COc1cccc(C(O)CSc2nc(C)c(C(=O)O)s2)c1. The molecule has 0 spiro atoms. The topological polar surface area (TPSA) is 79.7 Å². The van der Waals surface area contributed by atoms with E-state index < -0.39 is 12.1 Å². The van der Waals surface area contributed by atoms with Gasteiger partial charge < -0.3 is 14.9 Å². The van der Waals surface area contributed by atoms with Crippen LogP contribution in [0.15, 0.2) is 28.6 Å². The average Bonchev–Trinajstić information content (AvgIpc) is 2.86. The Kier molecular flexibility index (Phi) is 5.22. The Morgan fingerprint density at radius 2 is 2.29 bits per heavy atom. The average molecular weight is 325 g/mol. The number of thiazole rings is 1. The van der Waals surface area contributed by atoms with Gasteiger partial charge in [-0.3, -0.25) is 0 Å². The van der Waals surface area contributed by atoms with Crippen LogP contribution in [0, 0.1) is 6.92 Å². The third-order valence-electron chi connectivity index (χ3n) is 2.81. The first-order chi connectivity index (χ1) is 10.0. The number of aryl methyl sites for hydroxylation is 1. The second-order valence-corrected chi connectivity index (χ2v) is 6.57. The summed E-state index contributed by atoms with van der Waals surface area (Å²) in [6.45, 7) is 1.67. The van der Waals surface area contributed by atoms with Gasteiger partial charge in [0.15, 0.2) is 4.34 Å². The zero-order valence-electron chi connectivity index (χ0n) is 11.6. The normalized spacial score (nSPS) is 12.1. The number of carbonyl (C=O) groups is 1. The maximum atomic E-state index is 11.0. The van der Waals surface area contributed by atoms with Gasteiger partial charge in [0.25, 0.3) is 0 Å². The number of thioether (sulfide) groups is 1. The van der Waals surface area contributed by atoms with Crippen LogP contribution in [0.1, 0.15) is 27.0 Å². The first-order valence-electron chi connectivity index (χ1n) is 6.16. The molecule has 0 bridgehead atoms. The van der Waals surface area contributed by atoms with Gasteiger partial charge in [-0.2, -0.15) is 0 Å². The summed E-state index contributed by atoms with van der Waals surface area (Å²) in [4.78, 5) is 15.4. The summed E-state index contributed by atoms with van der Waals surface area (Å²) >= 11 is 2.47. The molecule has 0 aliphatic carbocycles. The standard InChI is InChI=1S/C14H15NO4S2/c1-8-12(13(17)18)21-14(15-8)20-7-11(16)9-4-3-5-10(6-9)19-2/h3-6,11,16H,7H2,1-2H3,(H,17,18). The maximum Gasteiger partial charge on any atom is 0.347 e. The molecule has 1 aromatic carbocycles. The van der Waals surface area contributed by atoms with Crippen LogP contribution in [0.4, 0.5) is 0 Å². The molecule has 1 heterocycles. The van der Waals surface area contributed by atoms with E-state index in [-0.39, 0.29) is 4.88 Å². The molecule has 1 aromatic heterocycles. The molecule has 0 aliphatic rings. The van der Waals surface area contributed by atoms with Crippen LogP contribution in [0.2, 0.25) is 0 Å². The molecule has 1 atom stereocenters. The van der Waals surface area contributed by atoms with Crippen molar-refractivity contribution >= 4 is 29.1 Å². The van der Waals surface area contributed by atoms with Gasteiger partial charge in [0.2, 0.25) is 0 Å². The zero-order chi connectivity index (χ0) is 15.4. The van der Waals surface area contributed by atoms with Crippen molar-refractivity contribution in [3.05, 3.63) is 40.4 Å². The van der Waals surface area contributed by atoms with Gasteiger partial charge in [-0.15, -0.1) is 11.3 Å². The quantitative estimate of drug-likeness (QED) is 0.795. The van der Waals surface area contributed by atoms with Crippen LogP contribution in [-0.4, -0.2) is 34.0 Å². The number of aromatic carboxylic acids is 1. The molecule has 112 valence electrons. The van der Waals surface area contributed by atoms with E-state index in [1.165, 1.54) is 11.8 Å². The highest BCUT2D eigenvalue weighted by molar-refractivity contribution is 8.01. The van der Waals surface area contributed by atoms with E-state index in [1.807, 2.05) is 18.2 Å². The van der Waals surface area contributed by atoms with Crippen LogP contribution in [-0.2, 0) is 0 Å². The fraction of sp³-hybridized carbons (Fsp3) is 0.286. The second-order valence-electron chi connectivity index (χ2n) is 4.30. The summed E-state index contributed by atoms with van der Waals surface area (Å²) in [5.41, 5.74) is 1.26. The zero-order valence-corrected chi connectivity index (χ0v) is 13.2. The van der Waals surface area contributed by atoms with Crippen LogP contribution in [0.5, 0.6) is 5.75 Å². The van der Waals surface area contributed by atoms with Crippen LogP contribution in [0.3, 0.4) is 0 Å². The molecule has 0 radical (unpaired) electrons. The van der Waals surface area contributed by atoms with Crippen LogP contribution < -0.4 is 4.74 Å². The summed E-state index contributed by atoms with van der Waals surface area (Å²) in [5.74, 6) is 0.124. The number of nitrogens with zero attached hydrogens (tertiary/aromatic N) is 1. The van der Waals surface area contributed by atoms with Gasteiger partial charge in [0.05, 0.1) is 18.9 Å². The van der Waals surface area contributed by atoms with Gasteiger partial charge in [-0.05, 0) is 24.6 Å². The molecule has 21 heavy (non-hydrogen) atoms. The highest BCUT2D eigenvalue weighted by atomic mass is 32.2. The second kappa shape index (κ2) is 6.93. The third kappa shape index (κ3) is 3.96. The minimum Gasteiger partial charge on any atom is -0.497 e. The molecular weight excluding hydrogens is 310 g/mol. The Morgan fingerprint density at radius 1 is 1.52 bits per heavy atom. The molecule has 0 saturated carbocycles. The molecular formula is C14H15NO4S2. The molecule has 1 unspecified atom stereocenters. The lowest BCUT2D eigenvalue weighted by molar-refractivity contribution is 0.0701. The Morgan fingerprint density at radius 3 is 2.90 bits per heavy atom. The minimum atomic E-state index is -0.967. The van der Waals surface area contributed by atoms with Gasteiger partial charge in [-0.25, -0.2) is 9.78 Å². The molecule has 2 N–H and O–H groups in total. The smallest absolute Gasteiger partial charge is 0.347 e. The number of aliphatic hydroxyl groups excluding tert-OH is 1. The van der Waals surface area contributed by atoms with E-state index in [0.29, 0.717) is 21.5 Å². The number of methoxy groups -OCH3 is 1. The van der Waals surface area contributed by atoms with Gasteiger partial charge in [-0.1, -0.05) is 23.9 Å². The van der Waals surface area contributed by atoms with Crippen molar-refractivity contribution in [2.75, 3.05) is 12.9 Å². The Balaban J connectivity index is 2.02. The lowest BCUT2D eigenvalue weighted by atomic mass is 10.1. The van der Waals surface area contributed by atoms with Crippen molar-refractivity contribution in [2.45, 2.75) is 17.4 Å². The van der Waals surface area contributed by atoms with E-state index in [4.69, 9.17) is 9.84 Å². The molecule has 0 aliphatic heterocycles. The third-order valence-corrected chi connectivity index (χ3v) is 5.18. The van der Waals surface area contributed by atoms with E-state index in [0.717, 1.165) is 16.9 Å². The highest BCUT2D eigenvalue weighted by Crippen LogP contribution is 2.31. The van der Waals surface area contributed by atoms with Gasteiger partial charge in [0, 0.05) is 5.75 Å². The monoisotopic (exact) mass is 325 g/mol. The van der Waals surface area contributed by atoms with Crippen molar-refractivity contribution in [1.29, 1.82) is 0 Å². The molecule has 2 rings (SSSR count). The lowest BCUT2D eigenvalue weighted by Crippen LogP contribution is -2.00. The molecule has 0 amide bonds. The predicted molar refractivity (Wildman–Crippen MR) is 82.5 cm³/mol. The van der Waals surface area contributed by atoms with Crippen molar-refractivity contribution < 1.29 is 19.7 Å². The molecule has 0 fully saturated rings. The number of carboxylic acid groups (broad SMARTS) is 1. The fourth-order valence-electron chi connectivity index (χ4n) is 1.73. The molecule has 5 nitrogen and oxygen atoms in total. The highest BCUT2D eigenvalue weighted by Gasteiger charge is 2.16. The summed E-state index contributed by atoms with van der Waals surface area (Å²) in [6, 6.07) is 7.23. The van der Waals surface area contributed by atoms with Gasteiger partial charge >= 0.3 is 5.97 Å². The Labute approximate surface area is 130 Å². The van der Waals surface area contributed by atoms with Crippen molar-refractivity contribution in [1.82, 2.24) is 4.98 Å². The molecule has 0 saturated heterocycles. The lowest BCUT2D eigenvalue weighted by Gasteiger charge is -2.10. The summed E-state index contributed by atoms with van der Waals surface area (Å²) in [6.07, 6.45) is -0.664. The van der Waals surface area contributed by atoms with Crippen molar-refractivity contribution in [3.63, 3.8) is 0 Å². The van der Waals surface area contributed by atoms with E-state index in [9.17, 15) is 9.90 Å². The molecule has 2 aromatic rings. The number of carboxylic acids is 1. The number of hydrogen-bond donors (Lipinski definition) is 2. The maximum absolute atomic E-state index is 11.0. The molecule has 7 heteroatoms. The number of rotatable bonds is 6. The number of hydrogen-bond acceptors (Lipinski definition) is 6. The number of benzene rings is 1. The van der Waals surface area contributed by atoms with Crippen LogP contribution in [0.25, 0.3) is 0 Å². The largest absolute Gasteiger partial charge is 0.497 e. The van der Waals surface area contributed by atoms with E-state index >= 15 is 0 Å². The Hall–Kier alpha value is -1.57. The Bertz CT molecular complexity index is 642. The number of aromatic nitrogens is 1. The van der Waals surface area contributed by atoms with E-state index in [1.54, 1.807) is 20.1 Å².